The zero-order valence-electron chi connectivity index (χ0n) is 10.5. The Hall–Kier alpha value is -1.53. The molecule has 1 aromatic rings. The van der Waals surface area contributed by atoms with Crippen LogP contribution in [0.25, 0.3) is 0 Å². The molecule has 1 aromatic carbocycles. The lowest BCUT2D eigenvalue weighted by molar-refractivity contribution is 0.308. The predicted molar refractivity (Wildman–Crippen MR) is 70.4 cm³/mol. The van der Waals surface area contributed by atoms with E-state index in [9.17, 15) is 8.42 Å². The standard InChI is InChI=1S/C6H12N2.C6H6O3S/c1-3-8-5-4-7(2)6-8;7-10(8,9)6-4-2-1-3-5-6/h4-5H,3,6H2,1-2H3;1-5H,(H,7,8,9). The molecule has 0 aliphatic carbocycles. The molecule has 0 fully saturated rings. The van der Waals surface area contributed by atoms with Crippen molar-refractivity contribution in [2.75, 3.05) is 20.3 Å². The van der Waals surface area contributed by atoms with Gasteiger partial charge >= 0.3 is 0 Å². The van der Waals surface area contributed by atoms with Crippen LogP contribution in [0.5, 0.6) is 0 Å². The van der Waals surface area contributed by atoms with E-state index in [0.717, 1.165) is 13.2 Å². The third kappa shape index (κ3) is 4.77. The first-order valence-electron chi connectivity index (χ1n) is 5.58. The number of hydrogen-bond acceptors (Lipinski definition) is 4. The van der Waals surface area contributed by atoms with Gasteiger partial charge in [-0.05, 0) is 19.1 Å². The molecule has 18 heavy (non-hydrogen) atoms. The van der Waals surface area contributed by atoms with Crippen molar-refractivity contribution in [3.63, 3.8) is 0 Å². The highest BCUT2D eigenvalue weighted by atomic mass is 32.2. The van der Waals surface area contributed by atoms with Crippen LogP contribution in [0.1, 0.15) is 6.92 Å². The minimum absolute atomic E-state index is 0.0741. The molecule has 100 valence electrons. The van der Waals surface area contributed by atoms with Gasteiger partial charge in [-0.15, -0.1) is 0 Å². The van der Waals surface area contributed by atoms with Gasteiger partial charge in [0.1, 0.15) is 0 Å². The second kappa shape index (κ2) is 6.42. The minimum Gasteiger partial charge on any atom is -0.362 e. The molecule has 0 bridgehead atoms. The van der Waals surface area contributed by atoms with Crippen LogP contribution in [0.2, 0.25) is 0 Å². The highest BCUT2D eigenvalue weighted by molar-refractivity contribution is 7.85. The summed E-state index contributed by atoms with van der Waals surface area (Å²) in [6.07, 6.45) is 4.20. The highest BCUT2D eigenvalue weighted by Crippen LogP contribution is 2.05. The van der Waals surface area contributed by atoms with Crippen molar-refractivity contribution in [3.8, 4) is 0 Å². The van der Waals surface area contributed by atoms with Crippen molar-refractivity contribution in [3.05, 3.63) is 42.7 Å². The second-order valence-corrected chi connectivity index (χ2v) is 5.31. The quantitative estimate of drug-likeness (QED) is 0.827. The van der Waals surface area contributed by atoms with Gasteiger partial charge in [0.2, 0.25) is 0 Å². The molecular formula is C12H18N2O3S. The molecule has 0 aromatic heterocycles. The van der Waals surface area contributed by atoms with Gasteiger partial charge in [-0.3, -0.25) is 4.55 Å². The van der Waals surface area contributed by atoms with E-state index in [1.54, 1.807) is 18.2 Å². The van der Waals surface area contributed by atoms with Gasteiger partial charge in [0.15, 0.2) is 0 Å². The minimum atomic E-state index is -4.00. The van der Waals surface area contributed by atoms with Crippen molar-refractivity contribution < 1.29 is 13.0 Å². The fraction of sp³-hybridized carbons (Fsp3) is 0.333. The molecular weight excluding hydrogens is 252 g/mol. The molecule has 1 heterocycles. The normalized spacial score (nSPS) is 14.4. The Labute approximate surface area is 108 Å². The van der Waals surface area contributed by atoms with Crippen LogP contribution in [0.15, 0.2) is 47.6 Å². The topological polar surface area (TPSA) is 60.9 Å². The molecule has 6 heteroatoms. The Morgan fingerprint density at radius 1 is 1.22 bits per heavy atom. The summed E-state index contributed by atoms with van der Waals surface area (Å²) >= 11 is 0. The first-order valence-corrected chi connectivity index (χ1v) is 7.02. The van der Waals surface area contributed by atoms with Gasteiger partial charge < -0.3 is 9.80 Å². The van der Waals surface area contributed by atoms with Gasteiger partial charge in [0, 0.05) is 26.0 Å². The average Bonchev–Trinajstić information content (AvgIpc) is 2.76. The van der Waals surface area contributed by atoms with Gasteiger partial charge in [0.25, 0.3) is 10.1 Å². The molecule has 0 spiro atoms. The molecule has 0 amide bonds. The Morgan fingerprint density at radius 2 is 1.83 bits per heavy atom. The molecule has 0 unspecified atom stereocenters. The van der Waals surface area contributed by atoms with Crippen LogP contribution in [0.4, 0.5) is 0 Å². The van der Waals surface area contributed by atoms with Crippen LogP contribution in [-0.2, 0) is 10.1 Å². The Kier molecular flexibility index (Phi) is 5.18. The van der Waals surface area contributed by atoms with Gasteiger partial charge in [-0.2, -0.15) is 8.42 Å². The Bertz CT molecular complexity index is 485. The first kappa shape index (κ1) is 14.5. The van der Waals surface area contributed by atoms with E-state index in [-0.39, 0.29) is 4.90 Å². The van der Waals surface area contributed by atoms with Crippen molar-refractivity contribution in [2.45, 2.75) is 11.8 Å². The summed E-state index contributed by atoms with van der Waals surface area (Å²) in [5.74, 6) is 0. The van der Waals surface area contributed by atoms with E-state index in [0.29, 0.717) is 0 Å². The third-order valence-electron chi connectivity index (χ3n) is 2.38. The second-order valence-electron chi connectivity index (χ2n) is 3.89. The van der Waals surface area contributed by atoms with E-state index >= 15 is 0 Å². The smallest absolute Gasteiger partial charge is 0.294 e. The van der Waals surface area contributed by atoms with E-state index < -0.39 is 10.1 Å². The van der Waals surface area contributed by atoms with E-state index in [2.05, 4.69) is 36.2 Å². The summed E-state index contributed by atoms with van der Waals surface area (Å²) in [6, 6.07) is 7.42. The maximum atomic E-state index is 10.4. The molecule has 2 rings (SSSR count). The largest absolute Gasteiger partial charge is 0.362 e. The summed E-state index contributed by atoms with van der Waals surface area (Å²) in [5, 5.41) is 0. The van der Waals surface area contributed by atoms with Gasteiger partial charge in [-0.25, -0.2) is 0 Å². The lowest BCUT2D eigenvalue weighted by Gasteiger charge is -2.14. The molecule has 1 aliphatic rings. The lowest BCUT2D eigenvalue weighted by atomic mass is 10.4. The first-order chi connectivity index (χ1) is 8.43. The van der Waals surface area contributed by atoms with E-state index in [1.165, 1.54) is 12.1 Å². The fourth-order valence-corrected chi connectivity index (χ4v) is 1.89. The summed E-state index contributed by atoms with van der Waals surface area (Å²) in [7, 11) is -1.93. The summed E-state index contributed by atoms with van der Waals surface area (Å²) in [6.45, 7) is 4.32. The molecule has 1 aliphatic heterocycles. The van der Waals surface area contributed by atoms with E-state index in [1.807, 2.05) is 0 Å². The molecule has 0 saturated heterocycles. The van der Waals surface area contributed by atoms with Crippen LogP contribution >= 0.6 is 0 Å². The van der Waals surface area contributed by atoms with Gasteiger partial charge in [-0.1, -0.05) is 18.2 Å². The third-order valence-corrected chi connectivity index (χ3v) is 3.25. The van der Waals surface area contributed by atoms with Crippen molar-refractivity contribution >= 4 is 10.1 Å². The van der Waals surface area contributed by atoms with Crippen molar-refractivity contribution in [1.29, 1.82) is 0 Å². The molecule has 0 atom stereocenters. The predicted octanol–water partition coefficient (Wildman–Crippen LogP) is 1.62. The Morgan fingerprint density at radius 3 is 2.11 bits per heavy atom. The van der Waals surface area contributed by atoms with E-state index in [4.69, 9.17) is 4.55 Å². The maximum absolute atomic E-state index is 10.4. The van der Waals surface area contributed by atoms with Crippen molar-refractivity contribution in [2.24, 2.45) is 0 Å². The lowest BCUT2D eigenvalue weighted by Crippen LogP contribution is -2.21. The molecule has 0 saturated carbocycles. The number of benzene rings is 1. The number of nitrogens with zero attached hydrogens (tertiary/aromatic N) is 2. The average molecular weight is 270 g/mol. The van der Waals surface area contributed by atoms with Gasteiger partial charge in [0.05, 0.1) is 11.6 Å². The Balaban J connectivity index is 0.000000184. The zero-order chi connectivity index (χ0) is 13.6. The highest BCUT2D eigenvalue weighted by Gasteiger charge is 2.05. The van der Waals surface area contributed by atoms with Crippen LogP contribution in [-0.4, -0.2) is 43.0 Å². The zero-order valence-corrected chi connectivity index (χ0v) is 11.3. The molecule has 0 radical (unpaired) electrons. The summed E-state index contributed by atoms with van der Waals surface area (Å²) < 4.78 is 29.2. The van der Waals surface area contributed by atoms with Crippen LogP contribution in [0, 0.1) is 0 Å². The maximum Gasteiger partial charge on any atom is 0.294 e. The monoisotopic (exact) mass is 270 g/mol. The van der Waals surface area contributed by atoms with Crippen molar-refractivity contribution in [1.82, 2.24) is 9.80 Å². The summed E-state index contributed by atoms with van der Waals surface area (Å²) in [5.41, 5.74) is 0. The summed E-state index contributed by atoms with van der Waals surface area (Å²) in [4.78, 5) is 4.33. The fourth-order valence-electron chi connectivity index (χ4n) is 1.39. The SMILES string of the molecule is CCN1C=CN(C)C1.O=S(=O)(O)c1ccccc1. The number of hydrogen-bond donors (Lipinski definition) is 1. The molecule has 1 N–H and O–H groups in total. The van der Waals surface area contributed by atoms with Crippen LogP contribution < -0.4 is 0 Å². The molecule has 5 nitrogen and oxygen atoms in total. The van der Waals surface area contributed by atoms with Crippen LogP contribution in [0.3, 0.4) is 0 Å². The number of rotatable bonds is 2.